The van der Waals surface area contributed by atoms with E-state index < -0.39 is 10.0 Å². The molecule has 116 valence electrons. The Balaban J connectivity index is 2.13. The Bertz CT molecular complexity index is 635. The van der Waals surface area contributed by atoms with Crippen LogP contribution in [0.4, 0.5) is 5.69 Å². The van der Waals surface area contributed by atoms with Gasteiger partial charge in [-0.25, -0.2) is 8.42 Å². The summed E-state index contributed by atoms with van der Waals surface area (Å²) in [4.78, 5) is 11.2. The highest BCUT2D eigenvalue weighted by atomic mass is 32.2. The maximum absolute atomic E-state index is 12.6. The molecule has 0 radical (unpaired) electrons. The molecule has 1 amide bonds. The van der Waals surface area contributed by atoms with Crippen molar-refractivity contribution in [3.63, 3.8) is 0 Å². The molecule has 3 N–H and O–H groups in total. The van der Waals surface area contributed by atoms with Gasteiger partial charge in [-0.3, -0.25) is 4.79 Å². The molecule has 2 rings (SSSR count). The van der Waals surface area contributed by atoms with E-state index in [4.69, 9.17) is 5.73 Å². The molecule has 1 aromatic carbocycles. The predicted octanol–water partition coefficient (Wildman–Crippen LogP) is 0.866. The van der Waals surface area contributed by atoms with Gasteiger partial charge in [0.2, 0.25) is 15.9 Å². The lowest BCUT2D eigenvalue weighted by molar-refractivity contribution is -0.119. The van der Waals surface area contributed by atoms with Crippen molar-refractivity contribution < 1.29 is 13.2 Å². The first kappa shape index (κ1) is 15.8. The summed E-state index contributed by atoms with van der Waals surface area (Å²) in [5.41, 5.74) is 7.05. The van der Waals surface area contributed by atoms with Crippen LogP contribution in [0.3, 0.4) is 0 Å². The number of rotatable bonds is 3. The van der Waals surface area contributed by atoms with E-state index in [-0.39, 0.29) is 22.5 Å². The second-order valence-corrected chi connectivity index (χ2v) is 7.33. The summed E-state index contributed by atoms with van der Waals surface area (Å²) >= 11 is 0. The fourth-order valence-electron chi connectivity index (χ4n) is 2.57. The highest BCUT2D eigenvalue weighted by Crippen LogP contribution is 2.25. The monoisotopic (exact) mass is 311 g/mol. The van der Waals surface area contributed by atoms with Crippen LogP contribution in [-0.2, 0) is 14.8 Å². The predicted molar refractivity (Wildman–Crippen MR) is 81.2 cm³/mol. The number of carbonyl (C=O) groups is 1. The first-order chi connectivity index (χ1) is 9.80. The third-order valence-corrected chi connectivity index (χ3v) is 5.62. The topological polar surface area (TPSA) is 92.5 Å². The fourth-order valence-corrected chi connectivity index (χ4v) is 4.14. The molecule has 1 aliphatic heterocycles. The number of hydrogen-bond donors (Lipinski definition) is 2. The molecule has 0 saturated carbocycles. The van der Waals surface area contributed by atoms with Gasteiger partial charge < -0.3 is 11.1 Å². The molecule has 6 nitrogen and oxygen atoms in total. The third kappa shape index (κ3) is 3.54. The SMILES string of the molecule is CC(=O)NC1CCN(S(=O)(=O)c2ccc(C)cc2N)CC1. The van der Waals surface area contributed by atoms with Crippen molar-refractivity contribution in [1.29, 1.82) is 0 Å². The Morgan fingerprint density at radius 2 is 1.95 bits per heavy atom. The zero-order chi connectivity index (χ0) is 15.6. The van der Waals surface area contributed by atoms with Crippen molar-refractivity contribution in [3.05, 3.63) is 23.8 Å². The van der Waals surface area contributed by atoms with Gasteiger partial charge in [0.15, 0.2) is 0 Å². The van der Waals surface area contributed by atoms with E-state index in [1.165, 1.54) is 11.2 Å². The number of hydrogen-bond acceptors (Lipinski definition) is 4. The molecule has 0 aliphatic carbocycles. The summed E-state index contributed by atoms with van der Waals surface area (Å²) in [5, 5.41) is 2.83. The minimum atomic E-state index is -3.57. The number of anilines is 1. The number of piperidine rings is 1. The fraction of sp³-hybridized carbons (Fsp3) is 0.500. The Kier molecular flexibility index (Phi) is 4.53. The van der Waals surface area contributed by atoms with Crippen LogP contribution in [0, 0.1) is 6.92 Å². The minimum Gasteiger partial charge on any atom is -0.398 e. The molecule has 0 atom stereocenters. The van der Waals surface area contributed by atoms with E-state index >= 15 is 0 Å². The molecule has 0 bridgehead atoms. The Hall–Kier alpha value is -1.60. The van der Waals surface area contributed by atoms with Gasteiger partial charge in [0.25, 0.3) is 0 Å². The first-order valence-corrected chi connectivity index (χ1v) is 8.38. The lowest BCUT2D eigenvalue weighted by Gasteiger charge is -2.31. The normalized spacial score (nSPS) is 17.6. The molecule has 7 heteroatoms. The molecule has 1 aromatic rings. The summed E-state index contributed by atoms with van der Waals surface area (Å²) < 4.78 is 26.7. The molecular weight excluding hydrogens is 290 g/mol. The van der Waals surface area contributed by atoms with Gasteiger partial charge in [-0.15, -0.1) is 0 Å². The third-order valence-electron chi connectivity index (χ3n) is 3.64. The lowest BCUT2D eigenvalue weighted by atomic mass is 10.1. The van der Waals surface area contributed by atoms with Crippen LogP contribution in [0.15, 0.2) is 23.1 Å². The number of nitrogens with zero attached hydrogens (tertiary/aromatic N) is 1. The van der Waals surface area contributed by atoms with Crippen LogP contribution in [0.5, 0.6) is 0 Å². The molecule has 21 heavy (non-hydrogen) atoms. The van der Waals surface area contributed by atoms with Crippen LogP contribution in [0.2, 0.25) is 0 Å². The minimum absolute atomic E-state index is 0.0457. The maximum Gasteiger partial charge on any atom is 0.245 e. The number of carbonyl (C=O) groups excluding carboxylic acids is 1. The van der Waals surface area contributed by atoms with Crippen molar-refractivity contribution in [2.75, 3.05) is 18.8 Å². The second kappa shape index (κ2) is 6.03. The summed E-state index contributed by atoms with van der Waals surface area (Å²) in [6.45, 7) is 4.11. The van der Waals surface area contributed by atoms with E-state index in [2.05, 4.69) is 5.32 Å². The van der Waals surface area contributed by atoms with Crippen molar-refractivity contribution in [3.8, 4) is 0 Å². The summed E-state index contributed by atoms with van der Waals surface area (Å²) in [6.07, 6.45) is 1.23. The summed E-state index contributed by atoms with van der Waals surface area (Å²) in [7, 11) is -3.57. The number of aryl methyl sites for hydroxylation is 1. The lowest BCUT2D eigenvalue weighted by Crippen LogP contribution is -2.46. The molecule has 0 aromatic heterocycles. The largest absolute Gasteiger partial charge is 0.398 e. The number of benzene rings is 1. The van der Waals surface area contributed by atoms with Gasteiger partial charge in [0.1, 0.15) is 4.90 Å². The molecule has 1 aliphatic rings. The van der Waals surface area contributed by atoms with Crippen LogP contribution >= 0.6 is 0 Å². The molecule has 0 unspecified atom stereocenters. The smallest absolute Gasteiger partial charge is 0.245 e. The van der Waals surface area contributed by atoms with Crippen molar-refractivity contribution in [2.24, 2.45) is 0 Å². The van der Waals surface area contributed by atoms with Gasteiger partial charge in [-0.05, 0) is 37.5 Å². The highest BCUT2D eigenvalue weighted by molar-refractivity contribution is 7.89. The zero-order valence-electron chi connectivity index (χ0n) is 12.3. The quantitative estimate of drug-likeness (QED) is 0.810. The van der Waals surface area contributed by atoms with Gasteiger partial charge in [-0.2, -0.15) is 4.31 Å². The number of nitrogen functional groups attached to an aromatic ring is 1. The van der Waals surface area contributed by atoms with E-state index in [9.17, 15) is 13.2 Å². The first-order valence-electron chi connectivity index (χ1n) is 6.94. The van der Waals surface area contributed by atoms with E-state index in [0.29, 0.717) is 25.9 Å². The molecule has 1 heterocycles. The number of amides is 1. The van der Waals surface area contributed by atoms with Crippen molar-refractivity contribution in [2.45, 2.75) is 37.6 Å². The molecular formula is C14H21N3O3S. The second-order valence-electron chi connectivity index (χ2n) is 5.42. The van der Waals surface area contributed by atoms with E-state index in [1.54, 1.807) is 18.2 Å². The highest BCUT2D eigenvalue weighted by Gasteiger charge is 2.30. The average molecular weight is 311 g/mol. The van der Waals surface area contributed by atoms with E-state index in [0.717, 1.165) is 5.56 Å². The van der Waals surface area contributed by atoms with Crippen molar-refractivity contribution >= 4 is 21.6 Å². The van der Waals surface area contributed by atoms with Crippen LogP contribution in [0.25, 0.3) is 0 Å². The maximum atomic E-state index is 12.6. The van der Waals surface area contributed by atoms with Gasteiger partial charge in [0, 0.05) is 26.1 Å². The molecule has 0 spiro atoms. The Morgan fingerprint density at radius 1 is 1.33 bits per heavy atom. The summed E-state index contributed by atoms with van der Waals surface area (Å²) in [6, 6.07) is 5.01. The Morgan fingerprint density at radius 3 is 2.48 bits per heavy atom. The standard InChI is InChI=1S/C14H21N3O3S/c1-10-3-4-14(13(15)9-10)21(19,20)17-7-5-12(6-8-17)16-11(2)18/h3-4,9,12H,5-8,15H2,1-2H3,(H,16,18). The number of nitrogens with one attached hydrogen (secondary N) is 1. The average Bonchev–Trinajstić information content (AvgIpc) is 2.38. The molecule has 1 fully saturated rings. The van der Waals surface area contributed by atoms with Crippen LogP contribution in [-0.4, -0.2) is 37.8 Å². The Labute approximate surface area is 125 Å². The zero-order valence-corrected chi connectivity index (χ0v) is 13.1. The van der Waals surface area contributed by atoms with Crippen LogP contribution < -0.4 is 11.1 Å². The van der Waals surface area contributed by atoms with Crippen molar-refractivity contribution in [1.82, 2.24) is 9.62 Å². The number of nitrogens with two attached hydrogens (primary N) is 1. The van der Waals surface area contributed by atoms with E-state index in [1.807, 2.05) is 6.92 Å². The summed E-state index contributed by atoms with van der Waals surface area (Å²) in [5.74, 6) is -0.0842. The van der Waals surface area contributed by atoms with Gasteiger partial charge >= 0.3 is 0 Å². The van der Waals surface area contributed by atoms with Gasteiger partial charge in [-0.1, -0.05) is 6.07 Å². The number of sulfonamides is 1. The van der Waals surface area contributed by atoms with Crippen LogP contribution in [0.1, 0.15) is 25.3 Å². The van der Waals surface area contributed by atoms with Gasteiger partial charge in [0.05, 0.1) is 5.69 Å². The molecule has 1 saturated heterocycles.